The minimum atomic E-state index is -0.113. The number of aromatic nitrogens is 3. The maximum atomic E-state index is 13.9. The second-order valence-corrected chi connectivity index (χ2v) is 7.54. The molecule has 0 bridgehead atoms. The van der Waals surface area contributed by atoms with Crippen molar-refractivity contribution in [1.82, 2.24) is 19.7 Å². The van der Waals surface area contributed by atoms with Crippen molar-refractivity contribution >= 4 is 26.8 Å². The minimum Gasteiger partial charge on any atom is -0.347 e. The molecule has 7 heteroatoms. The summed E-state index contributed by atoms with van der Waals surface area (Å²) in [5.41, 5.74) is 2.78. The van der Waals surface area contributed by atoms with Gasteiger partial charge in [-0.15, -0.1) is 0 Å². The van der Waals surface area contributed by atoms with Crippen molar-refractivity contribution in [2.24, 2.45) is 7.05 Å². The molecule has 1 aromatic carbocycles. The molecule has 1 fully saturated rings. The first-order valence-electron chi connectivity index (χ1n) is 8.62. The Balaban J connectivity index is 1.47. The monoisotopic (exact) mass is 359 g/mol. The lowest BCUT2D eigenvalue weighted by Crippen LogP contribution is -2.30. The van der Waals surface area contributed by atoms with Crippen LogP contribution in [0.3, 0.4) is 0 Å². The van der Waals surface area contributed by atoms with Crippen LogP contribution in [0, 0.1) is 12.7 Å². The molecule has 2 aromatic heterocycles. The van der Waals surface area contributed by atoms with E-state index in [2.05, 4.69) is 14.9 Å². The van der Waals surface area contributed by atoms with E-state index in [9.17, 15) is 4.39 Å². The van der Waals surface area contributed by atoms with Gasteiger partial charge in [-0.3, -0.25) is 4.90 Å². The van der Waals surface area contributed by atoms with Gasteiger partial charge < -0.3 is 4.90 Å². The normalized spacial score (nSPS) is 16.5. The van der Waals surface area contributed by atoms with E-state index < -0.39 is 0 Å². The number of nitrogens with zero attached hydrogens (tertiary/aromatic N) is 5. The molecule has 1 aliphatic heterocycles. The summed E-state index contributed by atoms with van der Waals surface area (Å²) in [5.74, 6) is -0.113. The van der Waals surface area contributed by atoms with Gasteiger partial charge in [0, 0.05) is 45.3 Å². The number of benzene rings is 1. The van der Waals surface area contributed by atoms with Crippen LogP contribution >= 0.6 is 11.3 Å². The topological polar surface area (TPSA) is 37.2 Å². The first-order valence-corrected chi connectivity index (χ1v) is 9.44. The van der Waals surface area contributed by atoms with Crippen LogP contribution < -0.4 is 4.90 Å². The fourth-order valence-electron chi connectivity index (χ4n) is 3.40. The molecule has 0 saturated carbocycles. The standard InChI is InChI=1S/C18H22FN5S/c1-13-16-17(22(2)21-13)20-18(25-16)24-9-5-8-23(10-11-24)12-14-6-3-4-7-15(14)19/h3-4,6-7H,5,8-12H2,1-2H3. The molecule has 4 rings (SSSR count). The van der Waals surface area contributed by atoms with Crippen molar-refractivity contribution in [2.75, 3.05) is 31.1 Å². The van der Waals surface area contributed by atoms with Crippen molar-refractivity contribution in [3.05, 3.63) is 41.3 Å². The summed E-state index contributed by atoms with van der Waals surface area (Å²) in [7, 11) is 1.94. The van der Waals surface area contributed by atoms with E-state index in [-0.39, 0.29) is 5.82 Å². The Bertz CT molecular complexity index is 852. The van der Waals surface area contributed by atoms with Gasteiger partial charge in [0.15, 0.2) is 10.8 Å². The molecule has 5 nitrogen and oxygen atoms in total. The van der Waals surface area contributed by atoms with E-state index in [1.807, 2.05) is 30.8 Å². The molecule has 0 unspecified atom stereocenters. The highest BCUT2D eigenvalue weighted by Crippen LogP contribution is 2.31. The smallest absolute Gasteiger partial charge is 0.188 e. The van der Waals surface area contributed by atoms with Crippen molar-refractivity contribution in [1.29, 1.82) is 0 Å². The Morgan fingerprint density at radius 1 is 1.16 bits per heavy atom. The number of rotatable bonds is 3. The average molecular weight is 359 g/mol. The molecule has 0 aliphatic carbocycles. The minimum absolute atomic E-state index is 0.113. The zero-order valence-corrected chi connectivity index (χ0v) is 15.4. The van der Waals surface area contributed by atoms with E-state index in [4.69, 9.17) is 4.98 Å². The van der Waals surface area contributed by atoms with Crippen molar-refractivity contribution in [2.45, 2.75) is 19.9 Å². The molecule has 3 aromatic rings. The first kappa shape index (κ1) is 16.5. The van der Waals surface area contributed by atoms with Gasteiger partial charge in [-0.1, -0.05) is 29.5 Å². The van der Waals surface area contributed by atoms with Gasteiger partial charge in [0.1, 0.15) is 5.82 Å². The largest absolute Gasteiger partial charge is 0.347 e. The van der Waals surface area contributed by atoms with E-state index in [1.54, 1.807) is 17.4 Å². The first-order chi connectivity index (χ1) is 12.1. The molecule has 0 N–H and O–H groups in total. The fourth-order valence-corrected chi connectivity index (χ4v) is 4.48. The van der Waals surface area contributed by atoms with Crippen molar-refractivity contribution in [3.63, 3.8) is 0 Å². The van der Waals surface area contributed by atoms with Gasteiger partial charge >= 0.3 is 0 Å². The van der Waals surface area contributed by atoms with Crippen LogP contribution in [0.15, 0.2) is 24.3 Å². The molecule has 25 heavy (non-hydrogen) atoms. The highest BCUT2D eigenvalue weighted by molar-refractivity contribution is 7.22. The quantitative estimate of drug-likeness (QED) is 0.720. The maximum absolute atomic E-state index is 13.9. The van der Waals surface area contributed by atoms with E-state index in [0.717, 1.165) is 54.6 Å². The molecule has 0 radical (unpaired) electrons. The van der Waals surface area contributed by atoms with E-state index in [0.29, 0.717) is 6.54 Å². The van der Waals surface area contributed by atoms with Crippen LogP contribution in [0.4, 0.5) is 9.52 Å². The highest BCUT2D eigenvalue weighted by Gasteiger charge is 2.20. The van der Waals surface area contributed by atoms with Crippen LogP contribution in [-0.2, 0) is 13.6 Å². The number of halogens is 1. The van der Waals surface area contributed by atoms with Crippen LogP contribution in [0.2, 0.25) is 0 Å². The molecule has 3 heterocycles. The Labute approximate surface area is 150 Å². The molecule has 0 amide bonds. The predicted octanol–water partition coefficient (Wildman–Crippen LogP) is 3.19. The molecule has 132 valence electrons. The second-order valence-electron chi connectivity index (χ2n) is 6.57. The number of thiazole rings is 1. The number of hydrogen-bond acceptors (Lipinski definition) is 5. The Kier molecular flexibility index (Phi) is 4.43. The molecule has 1 saturated heterocycles. The van der Waals surface area contributed by atoms with Crippen LogP contribution in [0.1, 0.15) is 17.7 Å². The molecule has 0 spiro atoms. The van der Waals surface area contributed by atoms with Gasteiger partial charge in [-0.05, 0) is 19.4 Å². The summed E-state index contributed by atoms with van der Waals surface area (Å²) in [6, 6.07) is 7.06. The average Bonchev–Trinajstić information content (AvgIpc) is 3.05. The molecule has 1 aliphatic rings. The van der Waals surface area contributed by atoms with Crippen LogP contribution in [0.25, 0.3) is 10.3 Å². The maximum Gasteiger partial charge on any atom is 0.188 e. The van der Waals surface area contributed by atoms with E-state index in [1.165, 1.54) is 10.8 Å². The summed E-state index contributed by atoms with van der Waals surface area (Å²) in [5, 5.41) is 5.49. The van der Waals surface area contributed by atoms with Gasteiger partial charge in [0.05, 0.1) is 10.4 Å². The molecule has 0 atom stereocenters. The third-order valence-electron chi connectivity index (χ3n) is 4.74. The van der Waals surface area contributed by atoms with Crippen molar-refractivity contribution < 1.29 is 4.39 Å². The molecular formula is C18H22FN5S. The SMILES string of the molecule is Cc1nn(C)c2nc(N3CCCN(Cc4ccccc4F)CC3)sc12. The van der Waals surface area contributed by atoms with Gasteiger partial charge in [0.2, 0.25) is 0 Å². The third-order valence-corrected chi connectivity index (χ3v) is 5.96. The van der Waals surface area contributed by atoms with Crippen molar-refractivity contribution in [3.8, 4) is 0 Å². The number of aryl methyl sites for hydroxylation is 2. The van der Waals surface area contributed by atoms with Gasteiger partial charge in [0.25, 0.3) is 0 Å². The lowest BCUT2D eigenvalue weighted by molar-refractivity contribution is 0.281. The van der Waals surface area contributed by atoms with Crippen LogP contribution in [-0.4, -0.2) is 45.8 Å². The third kappa shape index (κ3) is 3.26. The number of anilines is 1. The summed E-state index contributed by atoms with van der Waals surface area (Å²) in [4.78, 5) is 9.47. The Morgan fingerprint density at radius 3 is 2.80 bits per heavy atom. The van der Waals surface area contributed by atoms with Gasteiger partial charge in [-0.25, -0.2) is 14.1 Å². The Morgan fingerprint density at radius 2 is 2.00 bits per heavy atom. The van der Waals surface area contributed by atoms with E-state index >= 15 is 0 Å². The zero-order chi connectivity index (χ0) is 17.4. The zero-order valence-electron chi connectivity index (χ0n) is 14.6. The molecular weight excluding hydrogens is 337 g/mol. The fraction of sp³-hybridized carbons (Fsp3) is 0.444. The lowest BCUT2D eigenvalue weighted by atomic mass is 10.2. The second kappa shape index (κ2) is 6.72. The summed E-state index contributed by atoms with van der Waals surface area (Å²) in [6.07, 6.45) is 1.06. The number of hydrogen-bond donors (Lipinski definition) is 0. The number of fused-ring (bicyclic) bond motifs is 1. The summed E-state index contributed by atoms with van der Waals surface area (Å²) in [6.45, 7) is 6.50. The highest BCUT2D eigenvalue weighted by atomic mass is 32.1. The lowest BCUT2D eigenvalue weighted by Gasteiger charge is -2.21. The Hall–Kier alpha value is -1.99. The summed E-state index contributed by atoms with van der Waals surface area (Å²) < 4.78 is 16.9. The van der Waals surface area contributed by atoms with Gasteiger partial charge in [-0.2, -0.15) is 5.10 Å². The summed E-state index contributed by atoms with van der Waals surface area (Å²) >= 11 is 1.72. The predicted molar refractivity (Wildman–Crippen MR) is 99.6 cm³/mol. The van der Waals surface area contributed by atoms with Crippen LogP contribution in [0.5, 0.6) is 0 Å².